The van der Waals surface area contributed by atoms with Gasteiger partial charge in [0.25, 0.3) is 5.91 Å². The molecule has 23 heavy (non-hydrogen) atoms. The van der Waals surface area contributed by atoms with E-state index in [4.69, 9.17) is 9.47 Å². The highest BCUT2D eigenvalue weighted by Crippen LogP contribution is 2.20. The molecular formula is C17H17F2NO3. The van der Waals surface area contributed by atoms with Gasteiger partial charge in [-0.05, 0) is 18.2 Å². The number of ether oxygens (including phenoxy) is 2. The van der Waals surface area contributed by atoms with Crippen LogP contribution in [0.1, 0.15) is 15.9 Å². The highest BCUT2D eigenvalue weighted by Gasteiger charge is 2.12. The molecule has 0 unspecified atom stereocenters. The van der Waals surface area contributed by atoms with Gasteiger partial charge in [-0.1, -0.05) is 18.2 Å². The van der Waals surface area contributed by atoms with Crippen LogP contribution in [0.15, 0.2) is 42.5 Å². The molecular weight excluding hydrogens is 304 g/mol. The van der Waals surface area contributed by atoms with E-state index in [2.05, 4.69) is 5.32 Å². The molecule has 1 amide bonds. The third-order valence-corrected chi connectivity index (χ3v) is 3.13. The Labute approximate surface area is 133 Å². The van der Waals surface area contributed by atoms with Crippen LogP contribution in [0.5, 0.6) is 5.75 Å². The average Bonchev–Trinajstić information content (AvgIpc) is 2.54. The van der Waals surface area contributed by atoms with Crippen LogP contribution in [-0.4, -0.2) is 26.2 Å². The summed E-state index contributed by atoms with van der Waals surface area (Å²) in [7, 11) is 1.55. The number of rotatable bonds is 7. The monoisotopic (exact) mass is 321 g/mol. The van der Waals surface area contributed by atoms with Crippen molar-refractivity contribution >= 4 is 5.91 Å². The molecule has 0 bridgehead atoms. The fourth-order valence-corrected chi connectivity index (χ4v) is 1.98. The molecule has 1 N–H and O–H groups in total. The normalized spacial score (nSPS) is 10.4. The molecule has 0 fully saturated rings. The number of halogens is 2. The van der Waals surface area contributed by atoms with Gasteiger partial charge >= 0.3 is 0 Å². The highest BCUT2D eigenvalue weighted by atomic mass is 19.1. The van der Waals surface area contributed by atoms with E-state index in [1.54, 1.807) is 31.4 Å². The van der Waals surface area contributed by atoms with Crippen LogP contribution < -0.4 is 10.1 Å². The maximum Gasteiger partial charge on any atom is 0.251 e. The van der Waals surface area contributed by atoms with Crippen LogP contribution in [0.3, 0.4) is 0 Å². The van der Waals surface area contributed by atoms with E-state index in [1.165, 1.54) is 6.07 Å². The number of hydrogen-bond acceptors (Lipinski definition) is 3. The predicted molar refractivity (Wildman–Crippen MR) is 81.3 cm³/mol. The molecule has 0 saturated heterocycles. The lowest BCUT2D eigenvalue weighted by atomic mass is 10.1. The lowest BCUT2D eigenvalue weighted by molar-refractivity contribution is 0.0934. The molecule has 0 aliphatic carbocycles. The van der Waals surface area contributed by atoms with Crippen molar-refractivity contribution in [1.29, 1.82) is 0 Å². The first kappa shape index (κ1) is 16.9. The molecule has 0 heterocycles. The van der Waals surface area contributed by atoms with E-state index in [9.17, 15) is 13.6 Å². The summed E-state index contributed by atoms with van der Waals surface area (Å²) in [6.07, 6.45) is 0. The van der Waals surface area contributed by atoms with Crippen molar-refractivity contribution in [2.45, 2.75) is 6.61 Å². The standard InChI is InChI=1S/C17H17F2NO3/c1-22-9-8-20-17(21)14-5-3-2-4-12(14)11-23-16-7-6-13(18)10-15(16)19/h2-7,10H,8-9,11H2,1H3,(H,20,21). The number of carbonyl (C=O) groups excluding carboxylic acids is 1. The SMILES string of the molecule is COCCNC(=O)c1ccccc1COc1ccc(F)cc1F. The minimum absolute atomic E-state index is 0.00355. The molecule has 0 aliphatic rings. The van der Waals surface area contributed by atoms with Gasteiger partial charge in [-0.2, -0.15) is 0 Å². The van der Waals surface area contributed by atoms with Gasteiger partial charge in [-0.15, -0.1) is 0 Å². The van der Waals surface area contributed by atoms with Gasteiger partial charge in [0.1, 0.15) is 12.4 Å². The van der Waals surface area contributed by atoms with Gasteiger partial charge < -0.3 is 14.8 Å². The van der Waals surface area contributed by atoms with E-state index in [1.807, 2.05) is 0 Å². The zero-order valence-corrected chi connectivity index (χ0v) is 12.6. The van der Waals surface area contributed by atoms with E-state index in [0.29, 0.717) is 24.3 Å². The van der Waals surface area contributed by atoms with E-state index < -0.39 is 11.6 Å². The van der Waals surface area contributed by atoms with Crippen LogP contribution in [0.25, 0.3) is 0 Å². The third-order valence-electron chi connectivity index (χ3n) is 3.13. The van der Waals surface area contributed by atoms with Crippen LogP contribution in [-0.2, 0) is 11.3 Å². The Bertz CT molecular complexity index is 677. The number of nitrogens with one attached hydrogen (secondary N) is 1. The summed E-state index contributed by atoms with van der Waals surface area (Å²) >= 11 is 0. The van der Waals surface area contributed by atoms with Crippen LogP contribution in [0, 0.1) is 11.6 Å². The fourth-order valence-electron chi connectivity index (χ4n) is 1.98. The molecule has 0 atom stereocenters. The summed E-state index contributed by atoms with van der Waals surface area (Å²) in [5, 5.41) is 2.71. The summed E-state index contributed by atoms with van der Waals surface area (Å²) in [5.41, 5.74) is 1.04. The topological polar surface area (TPSA) is 47.6 Å². The van der Waals surface area contributed by atoms with Gasteiger partial charge in [0.15, 0.2) is 11.6 Å². The van der Waals surface area contributed by atoms with E-state index >= 15 is 0 Å². The van der Waals surface area contributed by atoms with Crippen LogP contribution >= 0.6 is 0 Å². The Hall–Kier alpha value is -2.47. The second-order valence-electron chi connectivity index (χ2n) is 4.77. The Balaban J connectivity index is 2.06. The zero-order chi connectivity index (χ0) is 16.7. The lowest BCUT2D eigenvalue weighted by Gasteiger charge is -2.12. The molecule has 2 rings (SSSR count). The highest BCUT2D eigenvalue weighted by molar-refractivity contribution is 5.95. The third kappa shape index (κ3) is 4.75. The Kier molecular flexibility index (Phi) is 6.05. The fraction of sp³-hybridized carbons (Fsp3) is 0.235. The number of hydrogen-bond donors (Lipinski definition) is 1. The molecule has 0 aliphatic heterocycles. The van der Waals surface area contributed by atoms with Crippen molar-refractivity contribution in [2.75, 3.05) is 20.3 Å². The largest absolute Gasteiger partial charge is 0.486 e. The quantitative estimate of drug-likeness (QED) is 0.798. The van der Waals surface area contributed by atoms with Crippen molar-refractivity contribution in [3.05, 3.63) is 65.2 Å². The molecule has 0 spiro atoms. The second kappa shape index (κ2) is 8.24. The second-order valence-corrected chi connectivity index (χ2v) is 4.77. The van der Waals surface area contributed by atoms with Crippen LogP contribution in [0.4, 0.5) is 8.78 Å². The van der Waals surface area contributed by atoms with Crippen molar-refractivity contribution in [1.82, 2.24) is 5.32 Å². The summed E-state index contributed by atoms with van der Waals surface area (Å²) in [6.45, 7) is 0.790. The van der Waals surface area contributed by atoms with Gasteiger partial charge in [0.2, 0.25) is 0 Å². The van der Waals surface area contributed by atoms with Gasteiger partial charge in [0, 0.05) is 30.8 Å². The summed E-state index contributed by atoms with van der Waals surface area (Å²) in [5.74, 6) is -1.79. The molecule has 2 aromatic carbocycles. The minimum atomic E-state index is -0.785. The number of amides is 1. The van der Waals surface area contributed by atoms with Crippen molar-refractivity contribution in [3.8, 4) is 5.75 Å². The average molecular weight is 321 g/mol. The molecule has 122 valence electrons. The Morgan fingerprint density at radius 2 is 1.96 bits per heavy atom. The van der Waals surface area contributed by atoms with Gasteiger partial charge in [-0.3, -0.25) is 4.79 Å². The van der Waals surface area contributed by atoms with Gasteiger partial charge in [0.05, 0.1) is 6.61 Å². The summed E-state index contributed by atoms with van der Waals surface area (Å²) in [6, 6.07) is 9.93. The molecule has 0 aromatic heterocycles. The van der Waals surface area contributed by atoms with Crippen molar-refractivity contribution in [2.24, 2.45) is 0 Å². The number of methoxy groups -OCH3 is 1. The van der Waals surface area contributed by atoms with E-state index in [-0.39, 0.29) is 18.3 Å². The summed E-state index contributed by atoms with van der Waals surface area (Å²) < 4.78 is 36.7. The number of carbonyl (C=O) groups is 1. The first-order chi connectivity index (χ1) is 11.1. The summed E-state index contributed by atoms with van der Waals surface area (Å²) in [4.78, 5) is 12.1. The maximum atomic E-state index is 13.6. The number of benzene rings is 2. The first-order valence-corrected chi connectivity index (χ1v) is 7.04. The van der Waals surface area contributed by atoms with Crippen molar-refractivity contribution < 1.29 is 23.0 Å². The molecule has 0 saturated carbocycles. The van der Waals surface area contributed by atoms with Crippen LogP contribution in [0.2, 0.25) is 0 Å². The maximum absolute atomic E-state index is 13.6. The molecule has 2 aromatic rings. The Morgan fingerprint density at radius 3 is 2.70 bits per heavy atom. The predicted octanol–water partition coefficient (Wildman–Crippen LogP) is 2.92. The lowest BCUT2D eigenvalue weighted by Crippen LogP contribution is -2.28. The zero-order valence-electron chi connectivity index (χ0n) is 12.6. The minimum Gasteiger partial charge on any atom is -0.486 e. The molecule has 4 nitrogen and oxygen atoms in total. The Morgan fingerprint density at radius 1 is 1.17 bits per heavy atom. The van der Waals surface area contributed by atoms with E-state index in [0.717, 1.165) is 12.1 Å². The van der Waals surface area contributed by atoms with Crippen molar-refractivity contribution in [3.63, 3.8) is 0 Å². The molecule has 6 heteroatoms. The smallest absolute Gasteiger partial charge is 0.251 e. The first-order valence-electron chi connectivity index (χ1n) is 7.04. The van der Waals surface area contributed by atoms with Gasteiger partial charge in [-0.25, -0.2) is 8.78 Å². The molecule has 0 radical (unpaired) electrons.